The van der Waals surface area contributed by atoms with Gasteiger partial charge in [-0.05, 0) is 12.1 Å². The van der Waals surface area contributed by atoms with E-state index in [2.05, 4.69) is 20.5 Å². The van der Waals surface area contributed by atoms with Crippen molar-refractivity contribution in [3.63, 3.8) is 0 Å². The number of aliphatic imine (C=N–C) groups is 1. The van der Waals surface area contributed by atoms with Gasteiger partial charge in [0.05, 0.1) is 20.3 Å². The summed E-state index contributed by atoms with van der Waals surface area (Å²) in [5.74, 6) is 1.55. The van der Waals surface area contributed by atoms with Gasteiger partial charge < -0.3 is 20.1 Å². The second-order valence-electron chi connectivity index (χ2n) is 5.26. The zero-order valence-electron chi connectivity index (χ0n) is 13.8. The molecule has 1 aromatic carbocycles. The van der Waals surface area contributed by atoms with Gasteiger partial charge in [-0.3, -0.25) is 9.89 Å². The van der Waals surface area contributed by atoms with Gasteiger partial charge in [-0.2, -0.15) is 0 Å². The van der Waals surface area contributed by atoms with Gasteiger partial charge in [0.25, 0.3) is 0 Å². The summed E-state index contributed by atoms with van der Waals surface area (Å²) in [6, 6.07) is 5.62. The number of morpholine rings is 1. The number of nitrogens with zero attached hydrogens (tertiary/aromatic N) is 2. The quantitative estimate of drug-likeness (QED) is 0.604. The summed E-state index contributed by atoms with van der Waals surface area (Å²) in [7, 11) is 3.41. The number of halogens is 1. The maximum atomic E-state index is 5.98. The Morgan fingerprint density at radius 1 is 1.35 bits per heavy atom. The fourth-order valence-electron chi connectivity index (χ4n) is 2.42. The molecule has 2 rings (SSSR count). The van der Waals surface area contributed by atoms with Crippen molar-refractivity contribution in [1.82, 2.24) is 15.5 Å². The maximum absolute atomic E-state index is 5.98. The molecule has 1 heterocycles. The van der Waals surface area contributed by atoms with Crippen LogP contribution < -0.4 is 15.4 Å². The first-order chi connectivity index (χ1) is 11.2. The van der Waals surface area contributed by atoms with Crippen LogP contribution in [-0.4, -0.2) is 64.4 Å². The average molecular weight is 341 g/mol. The fraction of sp³-hybridized carbons (Fsp3) is 0.562. The van der Waals surface area contributed by atoms with E-state index < -0.39 is 0 Å². The molecule has 1 aliphatic heterocycles. The Bertz CT molecular complexity index is 519. The van der Waals surface area contributed by atoms with Crippen molar-refractivity contribution in [1.29, 1.82) is 0 Å². The Hall–Kier alpha value is -1.50. The Labute approximate surface area is 142 Å². The van der Waals surface area contributed by atoms with Crippen LogP contribution in [0.25, 0.3) is 0 Å². The van der Waals surface area contributed by atoms with Crippen LogP contribution in [0, 0.1) is 0 Å². The Morgan fingerprint density at radius 3 is 2.83 bits per heavy atom. The lowest BCUT2D eigenvalue weighted by Gasteiger charge is -2.26. The molecule has 0 atom stereocenters. The summed E-state index contributed by atoms with van der Waals surface area (Å²) in [6.45, 7) is 6.08. The first-order valence-corrected chi connectivity index (χ1v) is 8.17. The molecular formula is C16H25ClN4O2. The zero-order chi connectivity index (χ0) is 16.5. The smallest absolute Gasteiger partial charge is 0.191 e. The van der Waals surface area contributed by atoms with Crippen molar-refractivity contribution in [2.75, 3.05) is 53.6 Å². The summed E-state index contributed by atoms with van der Waals surface area (Å²) >= 11 is 5.98. The third kappa shape index (κ3) is 5.89. The predicted molar refractivity (Wildman–Crippen MR) is 93.5 cm³/mol. The third-order valence-corrected chi connectivity index (χ3v) is 3.98. The predicted octanol–water partition coefficient (Wildman–Crippen LogP) is 1.35. The number of hydrogen-bond acceptors (Lipinski definition) is 4. The molecule has 128 valence electrons. The molecule has 0 radical (unpaired) electrons. The van der Waals surface area contributed by atoms with E-state index in [-0.39, 0.29) is 0 Å². The van der Waals surface area contributed by atoms with Crippen LogP contribution in [0.5, 0.6) is 5.75 Å². The molecule has 6 nitrogen and oxygen atoms in total. The van der Waals surface area contributed by atoms with Gasteiger partial charge >= 0.3 is 0 Å². The van der Waals surface area contributed by atoms with E-state index in [1.54, 1.807) is 14.2 Å². The molecular weight excluding hydrogens is 316 g/mol. The highest BCUT2D eigenvalue weighted by atomic mass is 35.5. The van der Waals surface area contributed by atoms with Crippen LogP contribution >= 0.6 is 11.6 Å². The average Bonchev–Trinajstić information content (AvgIpc) is 2.59. The number of nitrogens with one attached hydrogen (secondary N) is 2. The first-order valence-electron chi connectivity index (χ1n) is 7.80. The molecule has 0 spiro atoms. The van der Waals surface area contributed by atoms with Crippen LogP contribution in [-0.2, 0) is 11.3 Å². The van der Waals surface area contributed by atoms with Crippen molar-refractivity contribution < 1.29 is 9.47 Å². The molecule has 1 saturated heterocycles. The Balaban J connectivity index is 1.76. The van der Waals surface area contributed by atoms with E-state index in [4.69, 9.17) is 21.1 Å². The molecule has 1 fully saturated rings. The minimum atomic E-state index is 0.623. The van der Waals surface area contributed by atoms with Crippen molar-refractivity contribution in [3.05, 3.63) is 28.8 Å². The molecule has 7 heteroatoms. The van der Waals surface area contributed by atoms with Crippen LogP contribution in [0.1, 0.15) is 5.56 Å². The van der Waals surface area contributed by atoms with Crippen LogP contribution in [0.4, 0.5) is 0 Å². The van der Waals surface area contributed by atoms with Crippen molar-refractivity contribution in [3.8, 4) is 5.75 Å². The van der Waals surface area contributed by atoms with E-state index in [0.29, 0.717) is 11.6 Å². The maximum Gasteiger partial charge on any atom is 0.191 e. The summed E-state index contributed by atoms with van der Waals surface area (Å²) in [5, 5.41) is 7.28. The minimum Gasteiger partial charge on any atom is -0.496 e. The molecule has 2 N–H and O–H groups in total. The largest absolute Gasteiger partial charge is 0.496 e. The first kappa shape index (κ1) is 17.8. The van der Waals surface area contributed by atoms with Gasteiger partial charge in [-0.1, -0.05) is 17.7 Å². The lowest BCUT2D eigenvalue weighted by atomic mass is 10.2. The lowest BCUT2D eigenvalue weighted by Crippen LogP contribution is -2.44. The van der Waals surface area contributed by atoms with Crippen molar-refractivity contribution in [2.45, 2.75) is 6.54 Å². The molecule has 23 heavy (non-hydrogen) atoms. The van der Waals surface area contributed by atoms with Gasteiger partial charge in [0.2, 0.25) is 0 Å². The summed E-state index contributed by atoms with van der Waals surface area (Å²) in [6.07, 6.45) is 0. The summed E-state index contributed by atoms with van der Waals surface area (Å²) < 4.78 is 10.7. The standard InChI is InChI=1S/C16H25ClN4O2/c1-18-16(19-5-6-21-7-9-23-10-8-21)20-12-13-3-4-14(17)11-15(13)22-2/h3-4,11H,5-10,12H2,1-2H3,(H2,18,19,20). The molecule has 0 unspecified atom stereocenters. The SMILES string of the molecule is CN=C(NCCN1CCOCC1)NCc1ccc(Cl)cc1OC. The highest BCUT2D eigenvalue weighted by Gasteiger charge is 2.10. The number of rotatable bonds is 6. The molecule has 0 bridgehead atoms. The van der Waals surface area contributed by atoms with Gasteiger partial charge in [0.15, 0.2) is 5.96 Å². The monoisotopic (exact) mass is 340 g/mol. The van der Waals surface area contributed by atoms with E-state index >= 15 is 0 Å². The molecule has 0 aromatic heterocycles. The van der Waals surface area contributed by atoms with Gasteiger partial charge in [0.1, 0.15) is 5.75 Å². The minimum absolute atomic E-state index is 0.623. The third-order valence-electron chi connectivity index (χ3n) is 3.74. The normalized spacial score (nSPS) is 16.2. The van der Waals surface area contributed by atoms with Gasteiger partial charge in [-0.25, -0.2) is 0 Å². The van der Waals surface area contributed by atoms with E-state index in [0.717, 1.165) is 56.7 Å². The van der Waals surface area contributed by atoms with E-state index in [1.165, 1.54) is 0 Å². The molecule has 0 amide bonds. The highest BCUT2D eigenvalue weighted by Crippen LogP contribution is 2.22. The summed E-state index contributed by atoms with van der Waals surface area (Å²) in [4.78, 5) is 6.62. The van der Waals surface area contributed by atoms with Gasteiger partial charge in [-0.15, -0.1) is 0 Å². The summed E-state index contributed by atoms with van der Waals surface area (Å²) in [5.41, 5.74) is 1.04. The molecule has 0 aliphatic carbocycles. The Kier molecular flexibility index (Phi) is 7.45. The molecule has 1 aromatic rings. The van der Waals surface area contributed by atoms with Gasteiger partial charge in [0, 0.05) is 50.4 Å². The molecule has 0 saturated carbocycles. The van der Waals surface area contributed by atoms with Crippen LogP contribution in [0.15, 0.2) is 23.2 Å². The van der Waals surface area contributed by atoms with E-state index in [9.17, 15) is 0 Å². The van der Waals surface area contributed by atoms with Crippen molar-refractivity contribution in [2.24, 2.45) is 4.99 Å². The number of hydrogen-bond donors (Lipinski definition) is 2. The van der Waals surface area contributed by atoms with Crippen LogP contribution in [0.3, 0.4) is 0 Å². The zero-order valence-corrected chi connectivity index (χ0v) is 14.5. The number of ether oxygens (including phenoxy) is 2. The number of benzene rings is 1. The second-order valence-corrected chi connectivity index (χ2v) is 5.70. The number of guanidine groups is 1. The Morgan fingerprint density at radius 2 is 2.13 bits per heavy atom. The van der Waals surface area contributed by atoms with Crippen molar-refractivity contribution >= 4 is 17.6 Å². The highest BCUT2D eigenvalue weighted by molar-refractivity contribution is 6.30. The number of methoxy groups -OCH3 is 1. The second kappa shape index (κ2) is 9.60. The van der Waals surface area contributed by atoms with E-state index in [1.807, 2.05) is 18.2 Å². The topological polar surface area (TPSA) is 58.1 Å². The fourth-order valence-corrected chi connectivity index (χ4v) is 2.58. The lowest BCUT2D eigenvalue weighted by molar-refractivity contribution is 0.0389. The van der Waals surface area contributed by atoms with Crippen LogP contribution in [0.2, 0.25) is 5.02 Å². The molecule has 1 aliphatic rings.